The van der Waals surface area contributed by atoms with E-state index in [1.54, 1.807) is 0 Å². The summed E-state index contributed by atoms with van der Waals surface area (Å²) in [7, 11) is 0. The standard InChI is InChI=1S/C11H14O/c1-3-10-5-4-9(2)8-11(10)6-7-12/h4-5,7-8H,3,6H2,1-2H3. The monoisotopic (exact) mass is 162 g/mol. The van der Waals surface area contributed by atoms with Gasteiger partial charge in [0.2, 0.25) is 0 Å². The summed E-state index contributed by atoms with van der Waals surface area (Å²) in [5.74, 6) is 0. The SMILES string of the molecule is CCc1ccc(C)cc1CC=O. The normalized spacial score (nSPS) is 9.83. The Kier molecular flexibility index (Phi) is 3.03. The van der Waals surface area contributed by atoms with Gasteiger partial charge < -0.3 is 4.79 Å². The van der Waals surface area contributed by atoms with Crippen LogP contribution in [0.2, 0.25) is 0 Å². The highest BCUT2D eigenvalue weighted by Gasteiger charge is 1.99. The average molecular weight is 162 g/mol. The Labute approximate surface area is 73.4 Å². The summed E-state index contributed by atoms with van der Waals surface area (Å²) >= 11 is 0. The van der Waals surface area contributed by atoms with E-state index in [1.165, 1.54) is 16.7 Å². The Morgan fingerprint density at radius 1 is 1.33 bits per heavy atom. The zero-order valence-corrected chi connectivity index (χ0v) is 7.63. The first-order chi connectivity index (χ1) is 5.77. The summed E-state index contributed by atoms with van der Waals surface area (Å²) in [6, 6.07) is 6.29. The molecule has 0 amide bonds. The summed E-state index contributed by atoms with van der Waals surface area (Å²) in [6.45, 7) is 4.16. The zero-order valence-electron chi connectivity index (χ0n) is 7.63. The molecule has 0 fully saturated rings. The minimum atomic E-state index is 0.546. The molecule has 1 aromatic carbocycles. The summed E-state index contributed by atoms with van der Waals surface area (Å²) in [5.41, 5.74) is 3.68. The maximum atomic E-state index is 10.4. The van der Waals surface area contributed by atoms with E-state index in [9.17, 15) is 4.79 Å². The Bertz CT molecular complexity index is 276. The fraction of sp³-hybridized carbons (Fsp3) is 0.364. The van der Waals surface area contributed by atoms with Crippen LogP contribution >= 0.6 is 0 Å². The molecule has 0 aliphatic heterocycles. The highest BCUT2D eigenvalue weighted by Crippen LogP contribution is 2.12. The Morgan fingerprint density at radius 2 is 2.08 bits per heavy atom. The number of carbonyl (C=O) groups is 1. The molecule has 1 aromatic rings. The summed E-state index contributed by atoms with van der Waals surface area (Å²) in [5, 5.41) is 0. The first-order valence-electron chi connectivity index (χ1n) is 4.30. The van der Waals surface area contributed by atoms with Crippen LogP contribution in [0.25, 0.3) is 0 Å². The highest BCUT2D eigenvalue weighted by molar-refractivity contribution is 5.56. The molecule has 1 rings (SSSR count). The minimum absolute atomic E-state index is 0.546. The third kappa shape index (κ3) is 1.94. The third-order valence-electron chi connectivity index (χ3n) is 2.05. The summed E-state index contributed by atoms with van der Waals surface area (Å²) in [4.78, 5) is 10.4. The second-order valence-electron chi connectivity index (χ2n) is 3.00. The van der Waals surface area contributed by atoms with Crippen molar-refractivity contribution in [3.05, 3.63) is 34.9 Å². The molecule has 0 aliphatic rings. The minimum Gasteiger partial charge on any atom is -0.303 e. The molecular weight excluding hydrogens is 148 g/mol. The van der Waals surface area contributed by atoms with E-state index in [0.29, 0.717) is 6.42 Å². The molecule has 0 unspecified atom stereocenters. The third-order valence-corrected chi connectivity index (χ3v) is 2.05. The molecular formula is C11H14O. The number of hydrogen-bond donors (Lipinski definition) is 0. The molecule has 0 saturated carbocycles. The average Bonchev–Trinajstić information content (AvgIpc) is 2.05. The van der Waals surface area contributed by atoms with E-state index in [4.69, 9.17) is 0 Å². The molecule has 0 aliphatic carbocycles. The van der Waals surface area contributed by atoms with Crippen molar-refractivity contribution in [1.82, 2.24) is 0 Å². The van der Waals surface area contributed by atoms with Gasteiger partial charge in [0.05, 0.1) is 0 Å². The van der Waals surface area contributed by atoms with E-state index in [2.05, 4.69) is 25.1 Å². The van der Waals surface area contributed by atoms with Gasteiger partial charge in [-0.05, 0) is 24.5 Å². The van der Waals surface area contributed by atoms with Gasteiger partial charge in [0.1, 0.15) is 6.29 Å². The van der Waals surface area contributed by atoms with Crippen LogP contribution in [-0.2, 0) is 17.6 Å². The number of hydrogen-bond acceptors (Lipinski definition) is 1. The van der Waals surface area contributed by atoms with Gasteiger partial charge in [-0.25, -0.2) is 0 Å². The van der Waals surface area contributed by atoms with Crippen molar-refractivity contribution in [3.63, 3.8) is 0 Å². The van der Waals surface area contributed by atoms with Crippen LogP contribution in [0.4, 0.5) is 0 Å². The Balaban J connectivity index is 3.03. The number of carbonyl (C=O) groups excluding carboxylic acids is 1. The fourth-order valence-corrected chi connectivity index (χ4v) is 1.38. The van der Waals surface area contributed by atoms with Crippen molar-refractivity contribution in [2.24, 2.45) is 0 Å². The predicted octanol–water partition coefficient (Wildman–Crippen LogP) is 2.30. The molecule has 0 saturated heterocycles. The van der Waals surface area contributed by atoms with E-state index in [-0.39, 0.29) is 0 Å². The van der Waals surface area contributed by atoms with Crippen LogP contribution in [0.1, 0.15) is 23.6 Å². The van der Waals surface area contributed by atoms with Gasteiger partial charge in [-0.2, -0.15) is 0 Å². The number of rotatable bonds is 3. The fourth-order valence-electron chi connectivity index (χ4n) is 1.38. The van der Waals surface area contributed by atoms with Gasteiger partial charge in [-0.15, -0.1) is 0 Å². The lowest BCUT2D eigenvalue weighted by Gasteiger charge is -2.05. The smallest absolute Gasteiger partial charge is 0.124 e. The number of benzene rings is 1. The molecule has 64 valence electrons. The van der Waals surface area contributed by atoms with Crippen LogP contribution in [0, 0.1) is 6.92 Å². The predicted molar refractivity (Wildman–Crippen MR) is 50.3 cm³/mol. The first-order valence-corrected chi connectivity index (χ1v) is 4.30. The van der Waals surface area contributed by atoms with Crippen molar-refractivity contribution in [3.8, 4) is 0 Å². The zero-order chi connectivity index (χ0) is 8.97. The maximum Gasteiger partial charge on any atom is 0.124 e. The molecule has 0 atom stereocenters. The van der Waals surface area contributed by atoms with E-state index in [1.807, 2.05) is 6.92 Å². The molecule has 0 heterocycles. The van der Waals surface area contributed by atoms with Crippen LogP contribution in [-0.4, -0.2) is 6.29 Å². The van der Waals surface area contributed by atoms with Gasteiger partial charge in [0.15, 0.2) is 0 Å². The molecule has 0 N–H and O–H groups in total. The largest absolute Gasteiger partial charge is 0.303 e. The Morgan fingerprint density at radius 3 is 2.67 bits per heavy atom. The van der Waals surface area contributed by atoms with Crippen LogP contribution in [0.15, 0.2) is 18.2 Å². The van der Waals surface area contributed by atoms with Crippen LogP contribution in [0.5, 0.6) is 0 Å². The molecule has 1 heteroatoms. The summed E-state index contributed by atoms with van der Waals surface area (Å²) in [6.07, 6.45) is 2.52. The van der Waals surface area contributed by atoms with Crippen molar-refractivity contribution in [1.29, 1.82) is 0 Å². The lowest BCUT2D eigenvalue weighted by molar-refractivity contribution is -0.107. The van der Waals surface area contributed by atoms with Crippen LogP contribution < -0.4 is 0 Å². The summed E-state index contributed by atoms with van der Waals surface area (Å²) < 4.78 is 0. The van der Waals surface area contributed by atoms with Gasteiger partial charge in [0, 0.05) is 6.42 Å². The Hall–Kier alpha value is -1.11. The van der Waals surface area contributed by atoms with Gasteiger partial charge in [0.25, 0.3) is 0 Å². The van der Waals surface area contributed by atoms with Crippen molar-refractivity contribution in [2.75, 3.05) is 0 Å². The molecule has 0 aromatic heterocycles. The number of aldehydes is 1. The lowest BCUT2D eigenvalue weighted by atomic mass is 10.0. The maximum absolute atomic E-state index is 10.4. The van der Waals surface area contributed by atoms with Gasteiger partial charge >= 0.3 is 0 Å². The van der Waals surface area contributed by atoms with Crippen molar-refractivity contribution >= 4 is 6.29 Å². The van der Waals surface area contributed by atoms with Crippen molar-refractivity contribution < 1.29 is 4.79 Å². The molecule has 0 bridgehead atoms. The van der Waals surface area contributed by atoms with E-state index < -0.39 is 0 Å². The van der Waals surface area contributed by atoms with E-state index in [0.717, 1.165) is 12.7 Å². The number of aryl methyl sites for hydroxylation is 2. The molecule has 0 radical (unpaired) electrons. The quantitative estimate of drug-likeness (QED) is 0.623. The van der Waals surface area contributed by atoms with E-state index >= 15 is 0 Å². The molecule has 1 nitrogen and oxygen atoms in total. The van der Waals surface area contributed by atoms with Crippen LogP contribution in [0.3, 0.4) is 0 Å². The lowest BCUT2D eigenvalue weighted by Crippen LogP contribution is -1.94. The molecule has 12 heavy (non-hydrogen) atoms. The van der Waals surface area contributed by atoms with Gasteiger partial charge in [-0.1, -0.05) is 30.7 Å². The second-order valence-corrected chi connectivity index (χ2v) is 3.00. The highest BCUT2D eigenvalue weighted by atomic mass is 16.1. The topological polar surface area (TPSA) is 17.1 Å². The van der Waals surface area contributed by atoms with Crippen molar-refractivity contribution in [2.45, 2.75) is 26.7 Å². The second kappa shape index (κ2) is 4.05. The van der Waals surface area contributed by atoms with Gasteiger partial charge in [-0.3, -0.25) is 0 Å². The molecule has 0 spiro atoms. The first kappa shape index (κ1) is 8.98.